The zero-order valence-electron chi connectivity index (χ0n) is 28.0. The van der Waals surface area contributed by atoms with Gasteiger partial charge in [0.2, 0.25) is 0 Å². The van der Waals surface area contributed by atoms with E-state index in [1.54, 1.807) is 0 Å². The maximum Gasteiger partial charge on any atom is 0.163 e. The molecule has 42 heavy (non-hydrogen) atoms. The molecular formula is C39H58O3. The summed E-state index contributed by atoms with van der Waals surface area (Å²) in [7, 11) is 0. The number of Topliss-reactive ketones (excluding diaryl/α,β-unsaturated/α-hetero) is 3. The Bertz CT molecular complexity index is 1170. The van der Waals surface area contributed by atoms with Crippen molar-refractivity contribution < 1.29 is 14.4 Å². The predicted molar refractivity (Wildman–Crippen MR) is 178 cm³/mol. The van der Waals surface area contributed by atoms with Gasteiger partial charge in [0.15, 0.2) is 5.78 Å². The smallest absolute Gasteiger partial charge is 0.163 e. The van der Waals surface area contributed by atoms with Crippen LogP contribution in [0.4, 0.5) is 0 Å². The van der Waals surface area contributed by atoms with E-state index in [-0.39, 0.29) is 41.5 Å². The topological polar surface area (TPSA) is 51.2 Å². The van der Waals surface area contributed by atoms with Crippen molar-refractivity contribution in [3.63, 3.8) is 0 Å². The Morgan fingerprint density at radius 3 is 2.21 bits per heavy atom. The van der Waals surface area contributed by atoms with Crippen molar-refractivity contribution in [1.29, 1.82) is 0 Å². The number of carbonyl (C=O) groups is 3. The lowest BCUT2D eigenvalue weighted by Crippen LogP contribution is -2.30. The van der Waals surface area contributed by atoms with Gasteiger partial charge in [-0.15, -0.1) is 0 Å². The quantitative estimate of drug-likeness (QED) is 0.157. The van der Waals surface area contributed by atoms with Crippen LogP contribution >= 0.6 is 0 Å². The molecule has 3 atom stereocenters. The summed E-state index contributed by atoms with van der Waals surface area (Å²) in [5, 5.41) is 0. The molecule has 0 bridgehead atoms. The maximum atomic E-state index is 13.6. The molecule has 0 N–H and O–H groups in total. The van der Waals surface area contributed by atoms with Crippen LogP contribution in [0.25, 0.3) is 11.1 Å². The fourth-order valence-electron chi connectivity index (χ4n) is 6.91. The van der Waals surface area contributed by atoms with E-state index in [4.69, 9.17) is 0 Å². The van der Waals surface area contributed by atoms with E-state index in [2.05, 4.69) is 78.8 Å². The van der Waals surface area contributed by atoms with Crippen LogP contribution in [0.15, 0.2) is 30.3 Å². The fraction of sp³-hybridized carbons (Fsp3) is 0.615. The minimum absolute atomic E-state index is 0.0306. The number of carbonyl (C=O) groups excluding carboxylic acids is 3. The molecule has 3 heteroatoms. The molecule has 3 unspecified atom stereocenters. The summed E-state index contributed by atoms with van der Waals surface area (Å²) in [5.74, 6) is 0.603. The lowest BCUT2D eigenvalue weighted by Gasteiger charge is -2.33. The van der Waals surface area contributed by atoms with Crippen molar-refractivity contribution in [1.82, 2.24) is 0 Å². The molecule has 2 aromatic rings. The summed E-state index contributed by atoms with van der Waals surface area (Å²) < 4.78 is 0. The minimum Gasteiger partial charge on any atom is -0.300 e. The first-order valence-electron chi connectivity index (χ1n) is 16.9. The van der Waals surface area contributed by atoms with E-state index in [9.17, 15) is 14.4 Å². The van der Waals surface area contributed by atoms with Crippen molar-refractivity contribution in [2.24, 2.45) is 17.8 Å². The van der Waals surface area contributed by atoms with Crippen molar-refractivity contribution >= 4 is 17.3 Å². The van der Waals surface area contributed by atoms with Crippen LogP contribution < -0.4 is 0 Å². The Labute approximate surface area is 257 Å². The van der Waals surface area contributed by atoms with Gasteiger partial charge in [-0.05, 0) is 97.6 Å². The highest BCUT2D eigenvalue weighted by Crippen LogP contribution is 2.41. The van der Waals surface area contributed by atoms with E-state index in [1.165, 1.54) is 60.4 Å². The van der Waals surface area contributed by atoms with Crippen LogP contribution in [0, 0.1) is 24.7 Å². The second kappa shape index (κ2) is 18.2. The van der Waals surface area contributed by atoms with E-state index in [1.807, 2.05) is 0 Å². The molecule has 232 valence electrons. The van der Waals surface area contributed by atoms with Gasteiger partial charge in [0.1, 0.15) is 11.6 Å². The summed E-state index contributed by atoms with van der Waals surface area (Å²) in [6.45, 7) is 16.5. The van der Waals surface area contributed by atoms with Gasteiger partial charge in [-0.25, -0.2) is 0 Å². The van der Waals surface area contributed by atoms with Gasteiger partial charge in [-0.2, -0.15) is 0 Å². The van der Waals surface area contributed by atoms with E-state index < -0.39 is 0 Å². The summed E-state index contributed by atoms with van der Waals surface area (Å²) in [6, 6.07) is 11.3. The molecule has 0 heterocycles. The highest BCUT2D eigenvalue weighted by atomic mass is 16.1. The van der Waals surface area contributed by atoms with Crippen LogP contribution in [0.5, 0.6) is 0 Å². The van der Waals surface area contributed by atoms with Gasteiger partial charge in [-0.3, -0.25) is 14.4 Å². The average Bonchev–Trinajstić information content (AvgIpc) is 2.93. The molecule has 3 rings (SSSR count). The lowest BCUT2D eigenvalue weighted by atomic mass is 9.71. The molecule has 3 nitrogen and oxygen atoms in total. The fourth-order valence-corrected chi connectivity index (χ4v) is 6.91. The molecule has 0 aromatic heterocycles. The standard InChI is InChI=1S/C36H50O3.C3H8/c1-7-11-12-14-26-16-17-28(9-3)32(21-26)31-18-15-24(5)36-33(31)22-27(23-35(36)39)20-29(13-8-2)30(10-4)34(38)19-25(6)37;1-3-2/h15-18,21,27,29-30H,7-14,19-20,22-23H2,1-6H3;3H2,1-2H3. The number of aryl methyl sites for hydroxylation is 3. The minimum atomic E-state index is -0.103. The first-order chi connectivity index (χ1) is 20.1. The predicted octanol–water partition coefficient (Wildman–Crippen LogP) is 10.5. The van der Waals surface area contributed by atoms with Crippen LogP contribution in [-0.4, -0.2) is 17.3 Å². The van der Waals surface area contributed by atoms with Crippen LogP contribution in [0.2, 0.25) is 0 Å². The Balaban J connectivity index is 0.00000197. The maximum absolute atomic E-state index is 13.6. The normalized spacial score (nSPS) is 15.8. The number of ketones is 3. The molecule has 0 saturated carbocycles. The van der Waals surface area contributed by atoms with Crippen LogP contribution in [0.3, 0.4) is 0 Å². The Hall–Kier alpha value is -2.55. The van der Waals surface area contributed by atoms with Gasteiger partial charge < -0.3 is 0 Å². The molecule has 1 aliphatic rings. The average molecular weight is 575 g/mol. The lowest BCUT2D eigenvalue weighted by molar-refractivity contribution is -0.129. The molecule has 0 aliphatic heterocycles. The molecule has 0 fully saturated rings. The van der Waals surface area contributed by atoms with Crippen molar-refractivity contribution in [2.45, 2.75) is 139 Å². The monoisotopic (exact) mass is 574 g/mol. The zero-order chi connectivity index (χ0) is 31.2. The number of hydrogen-bond donors (Lipinski definition) is 0. The first-order valence-corrected chi connectivity index (χ1v) is 16.9. The van der Waals surface area contributed by atoms with E-state index in [0.717, 1.165) is 56.1 Å². The second-order valence-corrected chi connectivity index (χ2v) is 12.6. The molecule has 0 saturated heterocycles. The Morgan fingerprint density at radius 1 is 0.905 bits per heavy atom. The van der Waals surface area contributed by atoms with E-state index in [0.29, 0.717) is 6.42 Å². The summed E-state index contributed by atoms with van der Waals surface area (Å²) >= 11 is 0. The Kier molecular flexibility index (Phi) is 15.4. The third-order valence-corrected chi connectivity index (χ3v) is 8.82. The summed E-state index contributed by atoms with van der Waals surface area (Å²) in [4.78, 5) is 38.4. The molecule has 0 radical (unpaired) electrons. The molecule has 0 spiro atoms. The van der Waals surface area contributed by atoms with Crippen molar-refractivity contribution in [2.75, 3.05) is 0 Å². The molecule has 2 aromatic carbocycles. The third-order valence-electron chi connectivity index (χ3n) is 8.82. The SMILES string of the molecule is CCC.CCCCCc1ccc(CC)c(-c2ccc(C)c3c2CC(CC(CCC)C(CC)C(=O)CC(C)=O)CC3=O)c1. The summed E-state index contributed by atoms with van der Waals surface area (Å²) in [6.07, 6.45) is 12.0. The number of rotatable bonds is 15. The molecule has 0 amide bonds. The van der Waals surface area contributed by atoms with E-state index >= 15 is 0 Å². The van der Waals surface area contributed by atoms with Gasteiger partial charge in [0, 0.05) is 17.9 Å². The number of unbranched alkanes of at least 4 members (excludes halogenated alkanes) is 2. The number of hydrogen-bond acceptors (Lipinski definition) is 3. The van der Waals surface area contributed by atoms with Gasteiger partial charge in [0.25, 0.3) is 0 Å². The van der Waals surface area contributed by atoms with Crippen LogP contribution in [-0.2, 0) is 28.9 Å². The molecular weight excluding hydrogens is 516 g/mol. The van der Waals surface area contributed by atoms with Gasteiger partial charge in [-0.1, -0.05) is 104 Å². The van der Waals surface area contributed by atoms with Gasteiger partial charge in [0.05, 0.1) is 6.42 Å². The molecule has 1 aliphatic carbocycles. The number of fused-ring (bicyclic) bond motifs is 1. The number of benzene rings is 2. The van der Waals surface area contributed by atoms with Crippen molar-refractivity contribution in [3.05, 3.63) is 58.1 Å². The largest absolute Gasteiger partial charge is 0.300 e. The Morgan fingerprint density at radius 2 is 1.62 bits per heavy atom. The highest BCUT2D eigenvalue weighted by Gasteiger charge is 2.34. The van der Waals surface area contributed by atoms with Crippen molar-refractivity contribution in [3.8, 4) is 11.1 Å². The second-order valence-electron chi connectivity index (χ2n) is 12.6. The van der Waals surface area contributed by atoms with Gasteiger partial charge >= 0.3 is 0 Å². The first kappa shape index (κ1) is 35.6. The zero-order valence-corrected chi connectivity index (χ0v) is 28.0. The van der Waals surface area contributed by atoms with Crippen LogP contribution in [0.1, 0.15) is 145 Å². The third kappa shape index (κ3) is 9.75. The summed E-state index contributed by atoms with van der Waals surface area (Å²) in [5.41, 5.74) is 8.41. The highest BCUT2D eigenvalue weighted by molar-refractivity contribution is 6.02.